The van der Waals surface area contributed by atoms with Gasteiger partial charge in [-0.05, 0) is 37.5 Å². The Kier molecular flexibility index (Phi) is 3.83. The molecule has 0 bridgehead atoms. The molecule has 1 aliphatic heterocycles. The first kappa shape index (κ1) is 13.0. The highest BCUT2D eigenvalue weighted by atomic mass is 79.9. The molecule has 2 atom stereocenters. The number of amides is 1. The van der Waals surface area contributed by atoms with E-state index in [4.69, 9.17) is 0 Å². The van der Waals surface area contributed by atoms with E-state index in [1.54, 1.807) is 0 Å². The fourth-order valence-electron chi connectivity index (χ4n) is 2.42. The van der Waals surface area contributed by atoms with E-state index in [2.05, 4.69) is 42.4 Å². The molecule has 2 unspecified atom stereocenters. The standard InChI is InChI=1S/C13H16BrNOS/c1-8-5-9(2)15(7-8)13(16)11-4-3-10(14)6-12(11)17/h3-4,6,8-9,17H,5,7H2,1-2H3. The molecule has 2 nitrogen and oxygen atoms in total. The zero-order valence-corrected chi connectivity index (χ0v) is 12.5. The summed E-state index contributed by atoms with van der Waals surface area (Å²) in [6.45, 7) is 5.15. The van der Waals surface area contributed by atoms with Crippen molar-refractivity contribution in [2.75, 3.05) is 6.54 Å². The average Bonchev–Trinajstić information content (AvgIpc) is 2.57. The Hall–Kier alpha value is -0.480. The lowest BCUT2D eigenvalue weighted by Gasteiger charge is -2.22. The Morgan fingerprint density at radius 2 is 2.18 bits per heavy atom. The molecule has 1 aliphatic rings. The molecule has 1 aromatic carbocycles. The summed E-state index contributed by atoms with van der Waals surface area (Å²) in [7, 11) is 0. The van der Waals surface area contributed by atoms with Crippen LogP contribution < -0.4 is 0 Å². The number of likely N-dealkylation sites (tertiary alicyclic amines) is 1. The van der Waals surface area contributed by atoms with Gasteiger partial charge in [0, 0.05) is 22.0 Å². The maximum atomic E-state index is 12.4. The molecule has 1 amide bonds. The lowest BCUT2D eigenvalue weighted by molar-refractivity contribution is 0.0740. The van der Waals surface area contributed by atoms with Crippen LogP contribution in [0.1, 0.15) is 30.6 Å². The second-order valence-corrected chi connectivity index (χ2v) is 6.21. The second-order valence-electron chi connectivity index (χ2n) is 4.81. The smallest absolute Gasteiger partial charge is 0.255 e. The minimum absolute atomic E-state index is 0.0966. The van der Waals surface area contributed by atoms with Crippen LogP contribution >= 0.6 is 28.6 Å². The van der Waals surface area contributed by atoms with E-state index in [-0.39, 0.29) is 5.91 Å². The van der Waals surface area contributed by atoms with Crippen molar-refractivity contribution in [2.45, 2.75) is 31.2 Å². The van der Waals surface area contributed by atoms with E-state index < -0.39 is 0 Å². The first-order valence-electron chi connectivity index (χ1n) is 5.78. The molecule has 0 aromatic heterocycles. The van der Waals surface area contributed by atoms with Gasteiger partial charge in [0.25, 0.3) is 5.91 Å². The lowest BCUT2D eigenvalue weighted by Crippen LogP contribution is -2.34. The van der Waals surface area contributed by atoms with Gasteiger partial charge in [-0.25, -0.2) is 0 Å². The molecule has 1 fully saturated rings. The summed E-state index contributed by atoms with van der Waals surface area (Å²) in [4.78, 5) is 15.1. The van der Waals surface area contributed by atoms with Gasteiger partial charge in [0.05, 0.1) is 5.56 Å². The first-order chi connectivity index (χ1) is 7.99. The highest BCUT2D eigenvalue weighted by Crippen LogP contribution is 2.27. The van der Waals surface area contributed by atoms with Gasteiger partial charge in [-0.2, -0.15) is 0 Å². The third kappa shape index (κ3) is 2.68. The molecule has 0 aliphatic carbocycles. The zero-order valence-electron chi connectivity index (χ0n) is 9.98. The van der Waals surface area contributed by atoms with E-state index >= 15 is 0 Å². The van der Waals surface area contributed by atoms with Crippen molar-refractivity contribution in [1.82, 2.24) is 4.90 Å². The quantitative estimate of drug-likeness (QED) is 0.785. The normalized spacial score (nSPS) is 24.1. The molecule has 4 heteroatoms. The zero-order chi connectivity index (χ0) is 12.6. The van der Waals surface area contributed by atoms with E-state index in [1.165, 1.54) is 0 Å². The van der Waals surface area contributed by atoms with Crippen molar-refractivity contribution in [2.24, 2.45) is 5.92 Å². The second kappa shape index (κ2) is 5.02. The molecule has 0 radical (unpaired) electrons. The lowest BCUT2D eigenvalue weighted by atomic mass is 10.1. The Bertz CT molecular complexity index is 449. The maximum Gasteiger partial charge on any atom is 0.255 e. The molecule has 0 N–H and O–H groups in total. The van der Waals surface area contributed by atoms with Crippen molar-refractivity contribution >= 4 is 34.5 Å². The van der Waals surface area contributed by atoms with Crippen molar-refractivity contribution < 1.29 is 4.79 Å². The van der Waals surface area contributed by atoms with Crippen molar-refractivity contribution in [3.05, 3.63) is 28.2 Å². The molecule has 2 rings (SSSR count). The SMILES string of the molecule is CC1CC(C)N(C(=O)c2ccc(Br)cc2S)C1. The van der Waals surface area contributed by atoms with Crippen molar-refractivity contribution in [1.29, 1.82) is 0 Å². The molecule has 0 saturated carbocycles. The number of halogens is 1. The summed E-state index contributed by atoms with van der Waals surface area (Å²) >= 11 is 7.75. The fraction of sp³-hybridized carbons (Fsp3) is 0.462. The molecule has 1 aromatic rings. The third-order valence-electron chi connectivity index (χ3n) is 3.23. The molecule has 0 spiro atoms. The van der Waals surface area contributed by atoms with Gasteiger partial charge in [0.1, 0.15) is 0 Å². The third-order valence-corrected chi connectivity index (χ3v) is 4.10. The van der Waals surface area contributed by atoms with E-state index in [0.717, 1.165) is 22.3 Å². The van der Waals surface area contributed by atoms with Gasteiger partial charge >= 0.3 is 0 Å². The fourth-order valence-corrected chi connectivity index (χ4v) is 3.27. The highest BCUT2D eigenvalue weighted by molar-refractivity contribution is 9.10. The number of hydrogen-bond acceptors (Lipinski definition) is 2. The van der Waals surface area contributed by atoms with Crippen LogP contribution in [0.4, 0.5) is 0 Å². The van der Waals surface area contributed by atoms with Gasteiger partial charge in [0.15, 0.2) is 0 Å². The molecule has 1 saturated heterocycles. The number of nitrogens with zero attached hydrogens (tertiary/aromatic N) is 1. The van der Waals surface area contributed by atoms with Crippen LogP contribution in [0.15, 0.2) is 27.6 Å². The minimum Gasteiger partial charge on any atom is -0.336 e. The van der Waals surface area contributed by atoms with Gasteiger partial charge < -0.3 is 4.90 Å². The van der Waals surface area contributed by atoms with Gasteiger partial charge in [-0.15, -0.1) is 12.6 Å². The molecular formula is C13H16BrNOS. The predicted octanol–water partition coefficient (Wildman–Crippen LogP) is 3.61. The summed E-state index contributed by atoms with van der Waals surface area (Å²) in [5, 5.41) is 0. The number of carbonyl (C=O) groups is 1. The minimum atomic E-state index is 0.0966. The van der Waals surface area contributed by atoms with E-state index in [0.29, 0.717) is 17.5 Å². The number of thiol groups is 1. The summed E-state index contributed by atoms with van der Waals surface area (Å²) < 4.78 is 0.946. The summed E-state index contributed by atoms with van der Waals surface area (Å²) in [6, 6.07) is 5.91. The van der Waals surface area contributed by atoms with E-state index in [1.807, 2.05) is 23.1 Å². The Morgan fingerprint density at radius 1 is 1.47 bits per heavy atom. The van der Waals surface area contributed by atoms with Gasteiger partial charge in [-0.1, -0.05) is 22.9 Å². The number of hydrogen-bond donors (Lipinski definition) is 1. The van der Waals surface area contributed by atoms with E-state index in [9.17, 15) is 4.79 Å². The van der Waals surface area contributed by atoms with Crippen LogP contribution in [-0.2, 0) is 0 Å². The van der Waals surface area contributed by atoms with Crippen LogP contribution in [-0.4, -0.2) is 23.4 Å². The van der Waals surface area contributed by atoms with Crippen LogP contribution in [0.3, 0.4) is 0 Å². The summed E-state index contributed by atoms with van der Waals surface area (Å²) in [5.41, 5.74) is 0.692. The Labute approximate surface area is 116 Å². The van der Waals surface area contributed by atoms with Crippen LogP contribution in [0.5, 0.6) is 0 Å². The summed E-state index contributed by atoms with van der Waals surface area (Å²) in [5.74, 6) is 0.687. The topological polar surface area (TPSA) is 20.3 Å². The number of carbonyl (C=O) groups excluding carboxylic acids is 1. The largest absolute Gasteiger partial charge is 0.336 e. The molecular weight excluding hydrogens is 298 g/mol. The molecule has 92 valence electrons. The van der Waals surface area contributed by atoms with Crippen LogP contribution in [0.25, 0.3) is 0 Å². The highest BCUT2D eigenvalue weighted by Gasteiger charge is 2.31. The number of rotatable bonds is 1. The van der Waals surface area contributed by atoms with Crippen molar-refractivity contribution in [3.8, 4) is 0 Å². The van der Waals surface area contributed by atoms with Crippen molar-refractivity contribution in [3.63, 3.8) is 0 Å². The predicted molar refractivity (Wildman–Crippen MR) is 75.7 cm³/mol. The molecule has 17 heavy (non-hydrogen) atoms. The van der Waals surface area contributed by atoms with Crippen LogP contribution in [0, 0.1) is 5.92 Å². The summed E-state index contributed by atoms with van der Waals surface area (Å²) in [6.07, 6.45) is 1.09. The average molecular weight is 314 g/mol. The van der Waals surface area contributed by atoms with Gasteiger partial charge in [-0.3, -0.25) is 4.79 Å². The Morgan fingerprint density at radius 3 is 2.71 bits per heavy atom. The molecule has 1 heterocycles. The number of benzene rings is 1. The maximum absolute atomic E-state index is 12.4. The van der Waals surface area contributed by atoms with Gasteiger partial charge in [0.2, 0.25) is 0 Å². The first-order valence-corrected chi connectivity index (χ1v) is 7.02. The monoisotopic (exact) mass is 313 g/mol. The Balaban J connectivity index is 2.25. The van der Waals surface area contributed by atoms with Crippen LogP contribution in [0.2, 0.25) is 0 Å².